The van der Waals surface area contributed by atoms with E-state index in [1.54, 1.807) is 14.0 Å². The molecule has 0 radical (unpaired) electrons. The Labute approximate surface area is 119 Å². The molecule has 1 unspecified atom stereocenters. The van der Waals surface area contributed by atoms with Crippen LogP contribution in [0, 0.1) is 0 Å². The van der Waals surface area contributed by atoms with Gasteiger partial charge in [0.2, 0.25) is 0 Å². The molecule has 1 aliphatic rings. The summed E-state index contributed by atoms with van der Waals surface area (Å²) in [5.74, 6) is 0.566. The third-order valence-corrected chi connectivity index (χ3v) is 3.89. The molecule has 1 N–H and O–H groups in total. The number of carbonyl (C=O) groups is 1. The number of carbonyl (C=O) groups excluding carboxylic acids is 1. The second kappa shape index (κ2) is 6.27. The highest BCUT2D eigenvalue weighted by Gasteiger charge is 2.32. The van der Waals surface area contributed by atoms with Crippen LogP contribution in [0.3, 0.4) is 0 Å². The lowest BCUT2D eigenvalue weighted by Gasteiger charge is -2.33. The largest absolute Gasteiger partial charge is 0.497 e. The average Bonchev–Trinajstić information content (AvgIpc) is 2.45. The fraction of sp³-hybridized carbons (Fsp3) is 0.562. The molecule has 0 amide bonds. The van der Waals surface area contributed by atoms with Crippen molar-refractivity contribution >= 4 is 5.97 Å². The highest BCUT2D eigenvalue weighted by molar-refractivity contribution is 5.69. The lowest BCUT2D eigenvalue weighted by Crippen LogP contribution is -2.36. The summed E-state index contributed by atoms with van der Waals surface area (Å²) >= 11 is 0. The molecule has 0 aromatic heterocycles. The van der Waals surface area contributed by atoms with Crippen molar-refractivity contribution in [3.63, 3.8) is 0 Å². The first-order chi connectivity index (χ1) is 9.56. The summed E-state index contributed by atoms with van der Waals surface area (Å²) in [6.45, 7) is 2.17. The van der Waals surface area contributed by atoms with Gasteiger partial charge in [0, 0.05) is 12.8 Å². The summed E-state index contributed by atoms with van der Waals surface area (Å²) in [4.78, 5) is 11.4. The average molecular weight is 278 g/mol. The quantitative estimate of drug-likeness (QED) is 0.839. The number of esters is 1. The Morgan fingerprint density at radius 3 is 2.90 bits per heavy atom. The molecule has 0 aliphatic heterocycles. The summed E-state index contributed by atoms with van der Waals surface area (Å²) in [6.07, 6.45) is 2.80. The maximum atomic E-state index is 11.4. The molecule has 110 valence electrons. The number of rotatable bonds is 5. The van der Waals surface area contributed by atoms with Gasteiger partial charge in [-0.2, -0.15) is 0 Å². The lowest BCUT2D eigenvalue weighted by atomic mass is 9.78. The van der Waals surface area contributed by atoms with Crippen LogP contribution in [0.2, 0.25) is 0 Å². The van der Waals surface area contributed by atoms with Crippen LogP contribution in [0.4, 0.5) is 0 Å². The Balaban J connectivity index is 2.02. The van der Waals surface area contributed by atoms with Gasteiger partial charge in [0.05, 0.1) is 19.3 Å². The highest BCUT2D eigenvalue weighted by Crippen LogP contribution is 2.33. The number of fused-ring (bicyclic) bond motifs is 1. The number of methoxy groups -OCH3 is 1. The first-order valence-electron chi connectivity index (χ1n) is 7.10. The summed E-state index contributed by atoms with van der Waals surface area (Å²) in [6, 6.07) is 5.98. The van der Waals surface area contributed by atoms with E-state index in [1.807, 2.05) is 12.1 Å². The van der Waals surface area contributed by atoms with E-state index >= 15 is 0 Å². The van der Waals surface area contributed by atoms with Gasteiger partial charge >= 0.3 is 5.97 Å². The molecule has 1 aromatic carbocycles. The van der Waals surface area contributed by atoms with E-state index in [0.717, 1.165) is 17.7 Å². The van der Waals surface area contributed by atoms with Crippen LogP contribution in [0.5, 0.6) is 5.75 Å². The number of benzene rings is 1. The summed E-state index contributed by atoms with van der Waals surface area (Å²) < 4.78 is 10.1. The first-order valence-corrected chi connectivity index (χ1v) is 7.10. The maximum Gasteiger partial charge on any atom is 0.305 e. The van der Waals surface area contributed by atoms with Crippen LogP contribution in [0.1, 0.15) is 37.3 Å². The topological polar surface area (TPSA) is 55.8 Å². The standard InChI is InChI=1S/C16H22O4/c1-3-20-15(17)7-9-16(18)8-6-12-4-5-14(19-2)10-13(12)11-16/h4-5,10,18H,3,6-9,11H2,1-2H3. The summed E-state index contributed by atoms with van der Waals surface area (Å²) in [5.41, 5.74) is 1.56. The minimum atomic E-state index is -0.813. The normalized spacial score (nSPS) is 21.1. The van der Waals surface area contributed by atoms with E-state index in [9.17, 15) is 9.90 Å². The highest BCUT2D eigenvalue weighted by atomic mass is 16.5. The van der Waals surface area contributed by atoms with Gasteiger partial charge in [-0.15, -0.1) is 0 Å². The Hall–Kier alpha value is -1.55. The predicted octanol–water partition coefficient (Wildman–Crippen LogP) is 2.26. The predicted molar refractivity (Wildman–Crippen MR) is 75.8 cm³/mol. The van der Waals surface area contributed by atoms with Gasteiger partial charge in [0.25, 0.3) is 0 Å². The molecule has 1 aliphatic carbocycles. The Morgan fingerprint density at radius 1 is 1.40 bits per heavy atom. The molecular weight excluding hydrogens is 256 g/mol. The fourth-order valence-electron chi connectivity index (χ4n) is 2.73. The minimum absolute atomic E-state index is 0.239. The molecule has 1 atom stereocenters. The monoisotopic (exact) mass is 278 g/mol. The van der Waals surface area contributed by atoms with Crippen LogP contribution in [-0.2, 0) is 22.4 Å². The Bertz CT molecular complexity index is 483. The molecule has 20 heavy (non-hydrogen) atoms. The van der Waals surface area contributed by atoms with Gasteiger partial charge < -0.3 is 14.6 Å². The molecule has 0 saturated carbocycles. The van der Waals surface area contributed by atoms with E-state index < -0.39 is 5.60 Å². The van der Waals surface area contributed by atoms with Crippen molar-refractivity contribution in [2.75, 3.05) is 13.7 Å². The summed E-state index contributed by atoms with van der Waals surface area (Å²) in [5, 5.41) is 10.7. The third kappa shape index (κ3) is 3.51. The smallest absolute Gasteiger partial charge is 0.305 e. The summed E-state index contributed by atoms with van der Waals surface area (Å²) in [7, 11) is 1.64. The van der Waals surface area contributed by atoms with E-state index in [2.05, 4.69) is 6.07 Å². The molecule has 0 heterocycles. The van der Waals surface area contributed by atoms with Gasteiger partial charge in [-0.1, -0.05) is 6.07 Å². The van der Waals surface area contributed by atoms with Crippen molar-refractivity contribution in [1.29, 1.82) is 0 Å². The maximum absolute atomic E-state index is 11.4. The zero-order valence-corrected chi connectivity index (χ0v) is 12.1. The van der Waals surface area contributed by atoms with E-state index in [0.29, 0.717) is 25.9 Å². The van der Waals surface area contributed by atoms with Crippen molar-refractivity contribution in [3.8, 4) is 5.75 Å². The third-order valence-electron chi connectivity index (χ3n) is 3.89. The number of ether oxygens (including phenoxy) is 2. The van der Waals surface area contributed by atoms with Gasteiger partial charge in [-0.3, -0.25) is 4.79 Å². The van der Waals surface area contributed by atoms with Crippen molar-refractivity contribution in [2.45, 2.75) is 44.6 Å². The van der Waals surface area contributed by atoms with Crippen molar-refractivity contribution in [1.82, 2.24) is 0 Å². The number of hydrogen-bond acceptors (Lipinski definition) is 4. The van der Waals surface area contributed by atoms with Gasteiger partial charge in [-0.05, 0) is 49.4 Å². The minimum Gasteiger partial charge on any atom is -0.497 e. The van der Waals surface area contributed by atoms with Crippen LogP contribution < -0.4 is 4.74 Å². The number of aliphatic hydroxyl groups is 1. The SMILES string of the molecule is CCOC(=O)CCC1(O)CCc2ccc(OC)cc2C1. The Kier molecular flexibility index (Phi) is 4.65. The van der Waals surface area contributed by atoms with Crippen LogP contribution in [0.15, 0.2) is 18.2 Å². The van der Waals surface area contributed by atoms with E-state index in [1.165, 1.54) is 5.56 Å². The van der Waals surface area contributed by atoms with E-state index in [-0.39, 0.29) is 12.4 Å². The fourth-order valence-corrected chi connectivity index (χ4v) is 2.73. The zero-order chi connectivity index (χ0) is 14.6. The molecule has 0 spiro atoms. The molecular formula is C16H22O4. The van der Waals surface area contributed by atoms with Gasteiger partial charge in [0.1, 0.15) is 5.75 Å². The molecule has 0 bridgehead atoms. The van der Waals surface area contributed by atoms with Crippen LogP contribution in [0.25, 0.3) is 0 Å². The van der Waals surface area contributed by atoms with Crippen molar-refractivity contribution in [2.24, 2.45) is 0 Å². The van der Waals surface area contributed by atoms with Gasteiger partial charge in [-0.25, -0.2) is 0 Å². The molecule has 0 fully saturated rings. The zero-order valence-electron chi connectivity index (χ0n) is 12.1. The van der Waals surface area contributed by atoms with E-state index in [4.69, 9.17) is 9.47 Å². The van der Waals surface area contributed by atoms with Crippen LogP contribution >= 0.6 is 0 Å². The lowest BCUT2D eigenvalue weighted by molar-refractivity contribution is -0.144. The molecule has 0 saturated heterocycles. The van der Waals surface area contributed by atoms with Crippen molar-refractivity contribution < 1.29 is 19.4 Å². The number of hydrogen-bond donors (Lipinski definition) is 1. The Morgan fingerprint density at radius 2 is 2.20 bits per heavy atom. The first kappa shape index (κ1) is 14.9. The molecule has 1 aromatic rings. The molecule has 4 nitrogen and oxygen atoms in total. The second-order valence-corrected chi connectivity index (χ2v) is 5.34. The van der Waals surface area contributed by atoms with Crippen LogP contribution in [-0.4, -0.2) is 30.4 Å². The molecule has 2 rings (SSSR count). The van der Waals surface area contributed by atoms with Gasteiger partial charge in [0.15, 0.2) is 0 Å². The second-order valence-electron chi connectivity index (χ2n) is 5.34. The molecule has 4 heteroatoms. The van der Waals surface area contributed by atoms with Crippen molar-refractivity contribution in [3.05, 3.63) is 29.3 Å². The number of aryl methyl sites for hydroxylation is 1.